The Balaban J connectivity index is 1.97. The second-order valence-corrected chi connectivity index (χ2v) is 4.32. The molecule has 1 unspecified atom stereocenters. The van der Waals surface area contributed by atoms with Gasteiger partial charge in [-0.1, -0.05) is 17.7 Å². The van der Waals surface area contributed by atoms with Gasteiger partial charge in [0.05, 0.1) is 22.4 Å². The molecule has 1 saturated heterocycles. The molecule has 1 atom stereocenters. The summed E-state index contributed by atoms with van der Waals surface area (Å²) in [6, 6.07) is 4.90. The Kier molecular flexibility index (Phi) is 3.86. The lowest BCUT2D eigenvalue weighted by Gasteiger charge is -2.11. The summed E-state index contributed by atoms with van der Waals surface area (Å²) in [7, 11) is 0. The van der Waals surface area contributed by atoms with E-state index in [1.165, 1.54) is 0 Å². The average Bonchev–Trinajstić information content (AvgIpc) is 2.82. The molecule has 0 spiro atoms. The molecular weight excluding hydrogens is 242 g/mol. The van der Waals surface area contributed by atoms with Crippen molar-refractivity contribution in [2.45, 2.75) is 18.9 Å². The number of esters is 1. The van der Waals surface area contributed by atoms with Crippen LogP contribution >= 0.6 is 11.6 Å². The van der Waals surface area contributed by atoms with Gasteiger partial charge >= 0.3 is 5.97 Å². The van der Waals surface area contributed by atoms with Crippen molar-refractivity contribution >= 4 is 23.3 Å². The van der Waals surface area contributed by atoms with E-state index in [1.807, 2.05) is 0 Å². The Labute approximate surface area is 105 Å². The van der Waals surface area contributed by atoms with Crippen LogP contribution in [0.5, 0.6) is 0 Å². The fourth-order valence-corrected chi connectivity index (χ4v) is 1.93. The average molecular weight is 256 g/mol. The van der Waals surface area contributed by atoms with Crippen molar-refractivity contribution in [2.24, 2.45) is 0 Å². The number of anilines is 1. The molecule has 1 aliphatic heterocycles. The highest BCUT2D eigenvalue weighted by Gasteiger charge is 2.19. The van der Waals surface area contributed by atoms with Crippen molar-refractivity contribution in [3.8, 4) is 0 Å². The van der Waals surface area contributed by atoms with Gasteiger partial charge < -0.3 is 15.2 Å². The molecule has 0 saturated carbocycles. The molecule has 1 aromatic carbocycles. The summed E-state index contributed by atoms with van der Waals surface area (Å²) in [5, 5.41) is 0.241. The number of benzene rings is 1. The predicted octanol–water partition coefficient (Wildman–Crippen LogP) is 2.26. The lowest BCUT2D eigenvalue weighted by Crippen LogP contribution is -2.18. The summed E-state index contributed by atoms with van der Waals surface area (Å²) in [5.41, 5.74) is 6.28. The fraction of sp³-hybridized carbons (Fsp3) is 0.417. The number of carbonyl (C=O) groups excluding carboxylic acids is 1. The number of hydrogen-bond donors (Lipinski definition) is 1. The van der Waals surface area contributed by atoms with Crippen molar-refractivity contribution in [1.29, 1.82) is 0 Å². The van der Waals surface area contributed by atoms with Crippen LogP contribution < -0.4 is 5.73 Å². The molecule has 1 aromatic rings. The fourth-order valence-electron chi connectivity index (χ4n) is 1.73. The summed E-state index contributed by atoms with van der Waals surface area (Å²) >= 11 is 5.93. The summed E-state index contributed by atoms with van der Waals surface area (Å²) in [6.45, 7) is 1.01. The Morgan fingerprint density at radius 3 is 3.12 bits per heavy atom. The van der Waals surface area contributed by atoms with Gasteiger partial charge in [-0.25, -0.2) is 4.79 Å². The molecule has 0 bridgehead atoms. The van der Waals surface area contributed by atoms with Crippen LogP contribution in [0.1, 0.15) is 23.2 Å². The number of halogens is 1. The molecule has 1 aliphatic rings. The van der Waals surface area contributed by atoms with E-state index in [0.717, 1.165) is 19.4 Å². The van der Waals surface area contributed by atoms with Crippen LogP contribution in [-0.2, 0) is 9.47 Å². The van der Waals surface area contributed by atoms with E-state index in [0.29, 0.717) is 11.3 Å². The maximum Gasteiger partial charge on any atom is 0.339 e. The van der Waals surface area contributed by atoms with Crippen molar-refractivity contribution in [2.75, 3.05) is 18.9 Å². The van der Waals surface area contributed by atoms with Crippen LogP contribution in [0.2, 0.25) is 5.02 Å². The van der Waals surface area contributed by atoms with Crippen LogP contribution in [0.15, 0.2) is 18.2 Å². The maximum atomic E-state index is 11.8. The molecule has 0 radical (unpaired) electrons. The van der Waals surface area contributed by atoms with Crippen LogP contribution in [0.3, 0.4) is 0 Å². The third kappa shape index (κ3) is 2.90. The van der Waals surface area contributed by atoms with Crippen molar-refractivity contribution in [3.63, 3.8) is 0 Å². The van der Waals surface area contributed by atoms with Gasteiger partial charge in [0.15, 0.2) is 0 Å². The molecule has 0 amide bonds. The van der Waals surface area contributed by atoms with Gasteiger partial charge in [-0.15, -0.1) is 0 Å². The first-order valence-corrected chi connectivity index (χ1v) is 5.89. The molecule has 1 fully saturated rings. The quantitative estimate of drug-likeness (QED) is 0.665. The largest absolute Gasteiger partial charge is 0.459 e. The molecule has 5 heteroatoms. The highest BCUT2D eigenvalue weighted by Crippen LogP contribution is 2.24. The number of hydrogen-bond acceptors (Lipinski definition) is 4. The van der Waals surface area contributed by atoms with Gasteiger partial charge in [0, 0.05) is 6.61 Å². The first-order chi connectivity index (χ1) is 8.18. The van der Waals surface area contributed by atoms with Gasteiger partial charge in [0.25, 0.3) is 0 Å². The number of nitrogens with two attached hydrogens (primary N) is 1. The molecule has 0 aromatic heterocycles. The summed E-state index contributed by atoms with van der Waals surface area (Å²) in [6.07, 6.45) is 1.96. The Hall–Kier alpha value is -1.26. The van der Waals surface area contributed by atoms with Crippen LogP contribution in [-0.4, -0.2) is 25.3 Å². The van der Waals surface area contributed by atoms with Crippen molar-refractivity contribution in [3.05, 3.63) is 28.8 Å². The normalized spacial score (nSPS) is 19.2. The summed E-state index contributed by atoms with van der Waals surface area (Å²) < 4.78 is 10.5. The topological polar surface area (TPSA) is 61.6 Å². The Morgan fingerprint density at radius 2 is 2.41 bits per heavy atom. The lowest BCUT2D eigenvalue weighted by molar-refractivity contribution is 0.0161. The molecule has 0 aliphatic carbocycles. The van der Waals surface area contributed by atoms with Crippen molar-refractivity contribution in [1.82, 2.24) is 0 Å². The second-order valence-electron chi connectivity index (χ2n) is 3.94. The Morgan fingerprint density at radius 1 is 1.59 bits per heavy atom. The zero-order chi connectivity index (χ0) is 12.3. The van der Waals surface area contributed by atoms with Gasteiger partial charge in [-0.3, -0.25) is 0 Å². The van der Waals surface area contributed by atoms with Gasteiger partial charge in [0.2, 0.25) is 0 Å². The number of carbonyl (C=O) groups is 1. The zero-order valence-corrected chi connectivity index (χ0v) is 10.1. The number of rotatable bonds is 3. The van der Waals surface area contributed by atoms with E-state index >= 15 is 0 Å². The second kappa shape index (κ2) is 5.38. The minimum absolute atomic E-state index is 0.0128. The van der Waals surface area contributed by atoms with Gasteiger partial charge in [-0.05, 0) is 25.0 Å². The lowest BCUT2D eigenvalue weighted by atomic mass is 10.2. The monoisotopic (exact) mass is 255 g/mol. The smallest absolute Gasteiger partial charge is 0.339 e. The molecule has 2 rings (SSSR count). The third-order valence-corrected chi connectivity index (χ3v) is 3.09. The minimum Gasteiger partial charge on any atom is -0.459 e. The first kappa shape index (κ1) is 12.2. The van der Waals surface area contributed by atoms with Gasteiger partial charge in [-0.2, -0.15) is 0 Å². The number of nitrogen functional groups attached to an aromatic ring is 1. The zero-order valence-electron chi connectivity index (χ0n) is 9.32. The van der Waals surface area contributed by atoms with Gasteiger partial charge in [0.1, 0.15) is 6.61 Å². The third-order valence-electron chi connectivity index (χ3n) is 2.67. The maximum absolute atomic E-state index is 11.8. The molecule has 17 heavy (non-hydrogen) atoms. The van der Waals surface area contributed by atoms with E-state index < -0.39 is 5.97 Å². The summed E-state index contributed by atoms with van der Waals surface area (Å²) in [4.78, 5) is 11.8. The van der Waals surface area contributed by atoms with E-state index in [4.69, 9.17) is 26.8 Å². The van der Waals surface area contributed by atoms with Crippen LogP contribution in [0, 0.1) is 0 Å². The minimum atomic E-state index is -0.460. The molecule has 92 valence electrons. The molecule has 4 nitrogen and oxygen atoms in total. The standard InChI is InChI=1S/C12H14ClNO3/c13-11-9(4-1-5-10(11)14)12(15)17-7-8-3-2-6-16-8/h1,4-5,8H,2-3,6-7,14H2. The molecular formula is C12H14ClNO3. The van der Waals surface area contributed by atoms with Crippen molar-refractivity contribution < 1.29 is 14.3 Å². The van der Waals surface area contributed by atoms with Crippen LogP contribution in [0.25, 0.3) is 0 Å². The van der Waals surface area contributed by atoms with Crippen LogP contribution in [0.4, 0.5) is 5.69 Å². The summed E-state index contributed by atoms with van der Waals surface area (Å²) in [5.74, 6) is -0.460. The molecule has 1 heterocycles. The molecule has 2 N–H and O–H groups in total. The van der Waals surface area contributed by atoms with E-state index in [-0.39, 0.29) is 17.7 Å². The first-order valence-electron chi connectivity index (χ1n) is 5.51. The Bertz CT molecular complexity index is 416. The van der Waals surface area contributed by atoms with E-state index in [2.05, 4.69) is 0 Å². The van der Waals surface area contributed by atoms with E-state index in [9.17, 15) is 4.79 Å². The SMILES string of the molecule is Nc1cccc(C(=O)OCC2CCCO2)c1Cl. The highest BCUT2D eigenvalue weighted by molar-refractivity contribution is 6.36. The number of ether oxygens (including phenoxy) is 2. The predicted molar refractivity (Wildman–Crippen MR) is 65.1 cm³/mol. The highest BCUT2D eigenvalue weighted by atomic mass is 35.5. The van der Waals surface area contributed by atoms with E-state index in [1.54, 1.807) is 18.2 Å².